The topological polar surface area (TPSA) is 0 Å². The quantitative estimate of drug-likeness (QED) is 0.625. The van der Waals surface area contributed by atoms with Crippen molar-refractivity contribution in [1.82, 2.24) is 0 Å². The Labute approximate surface area is 89.9 Å². The Balaban J connectivity index is 4.62. The largest absolute Gasteiger partial charge is 0.0904 e. The molecule has 0 N–H and O–H groups in total. The van der Waals surface area contributed by atoms with Gasteiger partial charge in [-0.1, -0.05) is 46.3 Å². The van der Waals surface area contributed by atoms with Crippen LogP contribution in [0.15, 0.2) is 46.0 Å². The molecule has 0 amide bonds. The van der Waals surface area contributed by atoms with Crippen molar-refractivity contribution < 1.29 is 0 Å². The Hall–Kier alpha value is -0.560. The molecule has 0 heterocycles. The van der Waals surface area contributed by atoms with E-state index in [4.69, 9.17) is 0 Å². The first-order chi connectivity index (χ1) is 5.99. The molecule has 0 rings (SSSR count). The van der Waals surface area contributed by atoms with E-state index in [0.29, 0.717) is 0 Å². The summed E-state index contributed by atoms with van der Waals surface area (Å²) in [7, 11) is 0. The van der Waals surface area contributed by atoms with Crippen LogP contribution in [0.2, 0.25) is 0 Å². The molecule has 0 saturated heterocycles. The van der Waals surface area contributed by atoms with E-state index < -0.39 is 0 Å². The normalized spacial score (nSPS) is 12.7. The van der Waals surface area contributed by atoms with E-state index in [1.807, 2.05) is 13.0 Å². The van der Waals surface area contributed by atoms with E-state index >= 15 is 0 Å². The molecule has 0 aromatic carbocycles. The van der Waals surface area contributed by atoms with Gasteiger partial charge in [0.2, 0.25) is 0 Å². The zero-order valence-corrected chi connectivity index (χ0v) is 10.4. The summed E-state index contributed by atoms with van der Waals surface area (Å²) in [4.78, 5) is 0. The van der Waals surface area contributed by atoms with E-state index in [2.05, 4.69) is 55.4 Å². The molecule has 0 aromatic rings. The molecule has 0 spiro atoms. The molecule has 0 radical (unpaired) electrons. The van der Waals surface area contributed by atoms with Crippen molar-refractivity contribution in [2.24, 2.45) is 0 Å². The Bertz CT molecular complexity index is 273. The van der Waals surface area contributed by atoms with Crippen LogP contribution in [0.25, 0.3) is 0 Å². The van der Waals surface area contributed by atoms with Gasteiger partial charge < -0.3 is 0 Å². The molecular formula is C12H17Br. The number of hydrogen-bond acceptors (Lipinski definition) is 0. The lowest BCUT2D eigenvalue weighted by molar-refractivity contribution is 1.37. The third-order valence-electron chi connectivity index (χ3n) is 1.68. The van der Waals surface area contributed by atoms with Gasteiger partial charge >= 0.3 is 0 Å². The van der Waals surface area contributed by atoms with Crippen LogP contribution in [-0.2, 0) is 0 Å². The van der Waals surface area contributed by atoms with Gasteiger partial charge in [0.25, 0.3) is 0 Å². The smallest absolute Gasteiger partial charge is 0.0201 e. The van der Waals surface area contributed by atoms with E-state index in [0.717, 1.165) is 10.1 Å². The van der Waals surface area contributed by atoms with Crippen LogP contribution in [0, 0.1) is 0 Å². The van der Waals surface area contributed by atoms with Crippen molar-refractivity contribution in [3.63, 3.8) is 0 Å². The highest BCUT2D eigenvalue weighted by Gasteiger charge is 1.98. The maximum atomic E-state index is 3.99. The van der Waals surface area contributed by atoms with Crippen LogP contribution in [0.5, 0.6) is 0 Å². The van der Waals surface area contributed by atoms with Crippen LogP contribution >= 0.6 is 15.9 Å². The van der Waals surface area contributed by atoms with Crippen molar-refractivity contribution in [3.8, 4) is 0 Å². The van der Waals surface area contributed by atoms with Crippen molar-refractivity contribution in [2.45, 2.75) is 27.7 Å². The molecule has 13 heavy (non-hydrogen) atoms. The number of allylic oxidation sites excluding steroid dienone is 7. The number of halogens is 1. The van der Waals surface area contributed by atoms with Gasteiger partial charge in [0.15, 0.2) is 0 Å². The first-order valence-corrected chi connectivity index (χ1v) is 5.11. The SMILES string of the molecule is C=C(/C(C)=C/C=C(C)C)/C(Br)=C\C. The van der Waals surface area contributed by atoms with E-state index in [9.17, 15) is 0 Å². The summed E-state index contributed by atoms with van der Waals surface area (Å²) < 4.78 is 1.06. The standard InChI is InChI=1S/C12H17Br/c1-6-12(13)11(5)10(4)8-7-9(2)3/h6-8H,5H2,1-4H3/b10-8+,12-6+. The first-order valence-electron chi connectivity index (χ1n) is 4.32. The second-order valence-electron chi connectivity index (χ2n) is 3.21. The van der Waals surface area contributed by atoms with Gasteiger partial charge in [0.05, 0.1) is 0 Å². The molecule has 0 aliphatic rings. The average molecular weight is 241 g/mol. The summed E-state index contributed by atoms with van der Waals surface area (Å²) in [6.45, 7) is 12.2. The van der Waals surface area contributed by atoms with Crippen LogP contribution in [0.1, 0.15) is 27.7 Å². The van der Waals surface area contributed by atoms with Gasteiger partial charge in [-0.05, 0) is 38.8 Å². The van der Waals surface area contributed by atoms with Gasteiger partial charge in [-0.25, -0.2) is 0 Å². The summed E-state index contributed by atoms with van der Waals surface area (Å²) in [5, 5.41) is 0. The van der Waals surface area contributed by atoms with Crippen LogP contribution in [0.4, 0.5) is 0 Å². The van der Waals surface area contributed by atoms with Crippen LogP contribution < -0.4 is 0 Å². The molecule has 0 unspecified atom stereocenters. The predicted molar refractivity (Wildman–Crippen MR) is 65.0 cm³/mol. The van der Waals surface area contributed by atoms with Crippen molar-refractivity contribution in [2.75, 3.05) is 0 Å². The minimum atomic E-state index is 1.04. The van der Waals surface area contributed by atoms with Crippen molar-refractivity contribution >= 4 is 15.9 Å². The lowest BCUT2D eigenvalue weighted by atomic mass is 10.1. The highest BCUT2D eigenvalue weighted by atomic mass is 79.9. The van der Waals surface area contributed by atoms with Gasteiger partial charge in [0.1, 0.15) is 0 Å². The molecule has 72 valence electrons. The maximum absolute atomic E-state index is 3.99. The maximum Gasteiger partial charge on any atom is 0.0201 e. The van der Waals surface area contributed by atoms with Crippen molar-refractivity contribution in [3.05, 3.63) is 46.0 Å². The lowest BCUT2D eigenvalue weighted by Crippen LogP contribution is -1.82. The van der Waals surface area contributed by atoms with Crippen LogP contribution in [-0.4, -0.2) is 0 Å². The zero-order valence-electron chi connectivity index (χ0n) is 8.82. The fourth-order valence-electron chi connectivity index (χ4n) is 0.755. The zero-order chi connectivity index (χ0) is 10.4. The third-order valence-corrected chi connectivity index (χ3v) is 2.62. The molecule has 0 saturated carbocycles. The summed E-state index contributed by atoms with van der Waals surface area (Å²) >= 11 is 3.45. The number of rotatable bonds is 3. The van der Waals surface area contributed by atoms with Gasteiger partial charge in [-0.3, -0.25) is 0 Å². The molecule has 0 fully saturated rings. The highest BCUT2D eigenvalue weighted by molar-refractivity contribution is 9.12. The summed E-state index contributed by atoms with van der Waals surface area (Å²) in [6, 6.07) is 0. The Morgan fingerprint density at radius 3 is 2.08 bits per heavy atom. The Kier molecular flexibility index (Phi) is 5.72. The molecule has 0 nitrogen and oxygen atoms in total. The Morgan fingerprint density at radius 2 is 1.69 bits per heavy atom. The van der Waals surface area contributed by atoms with E-state index in [-0.39, 0.29) is 0 Å². The lowest BCUT2D eigenvalue weighted by Gasteiger charge is -2.03. The fourth-order valence-corrected chi connectivity index (χ4v) is 1.07. The summed E-state index contributed by atoms with van der Waals surface area (Å²) in [5.74, 6) is 0. The minimum absolute atomic E-state index is 1.04. The monoisotopic (exact) mass is 240 g/mol. The molecular weight excluding hydrogens is 224 g/mol. The van der Waals surface area contributed by atoms with Gasteiger partial charge in [-0.2, -0.15) is 0 Å². The molecule has 0 aliphatic carbocycles. The second kappa shape index (κ2) is 5.98. The summed E-state index contributed by atoms with van der Waals surface area (Å²) in [5.41, 5.74) is 3.52. The van der Waals surface area contributed by atoms with Crippen molar-refractivity contribution in [1.29, 1.82) is 0 Å². The predicted octanol–water partition coefficient (Wildman–Crippen LogP) is 4.75. The van der Waals surface area contributed by atoms with E-state index in [1.54, 1.807) is 0 Å². The molecule has 0 aromatic heterocycles. The third kappa shape index (κ3) is 4.89. The van der Waals surface area contributed by atoms with E-state index in [1.165, 1.54) is 11.1 Å². The van der Waals surface area contributed by atoms with Gasteiger partial charge in [-0.15, -0.1) is 0 Å². The minimum Gasteiger partial charge on any atom is -0.0904 e. The first kappa shape index (κ1) is 12.4. The highest BCUT2D eigenvalue weighted by Crippen LogP contribution is 2.22. The molecule has 0 bridgehead atoms. The molecule has 0 aliphatic heterocycles. The number of hydrogen-bond donors (Lipinski definition) is 0. The molecule has 1 heteroatoms. The molecule has 0 atom stereocenters. The van der Waals surface area contributed by atoms with Gasteiger partial charge in [0, 0.05) is 4.48 Å². The second-order valence-corrected chi connectivity index (χ2v) is 4.06. The van der Waals surface area contributed by atoms with Crippen LogP contribution in [0.3, 0.4) is 0 Å². The fraction of sp³-hybridized carbons (Fsp3) is 0.333. The summed E-state index contributed by atoms with van der Waals surface area (Å²) in [6.07, 6.45) is 6.18. The Morgan fingerprint density at radius 1 is 1.15 bits per heavy atom. The average Bonchev–Trinajstić information content (AvgIpc) is 2.11.